The predicted molar refractivity (Wildman–Crippen MR) is 103 cm³/mol. The van der Waals surface area contributed by atoms with Crippen LogP contribution in [0.2, 0.25) is 0 Å². The molecule has 0 spiro atoms. The Morgan fingerprint density at radius 3 is 2.69 bits per heavy atom. The van der Waals surface area contributed by atoms with Crippen LogP contribution in [0.4, 0.5) is 10.5 Å². The van der Waals surface area contributed by atoms with Gasteiger partial charge in [0.2, 0.25) is 5.91 Å². The van der Waals surface area contributed by atoms with E-state index >= 15 is 0 Å². The molecule has 1 aromatic rings. The van der Waals surface area contributed by atoms with Gasteiger partial charge in [0.25, 0.3) is 0 Å². The topological polar surface area (TPSA) is 70.7 Å². The summed E-state index contributed by atoms with van der Waals surface area (Å²) in [5.41, 5.74) is 2.02. The van der Waals surface area contributed by atoms with Gasteiger partial charge in [-0.25, -0.2) is 4.79 Å². The summed E-state index contributed by atoms with van der Waals surface area (Å²) in [4.78, 5) is 26.4. The molecule has 1 heterocycles. The van der Waals surface area contributed by atoms with Crippen LogP contribution in [0.1, 0.15) is 38.7 Å². The van der Waals surface area contributed by atoms with Gasteiger partial charge in [-0.05, 0) is 50.3 Å². The minimum absolute atomic E-state index is 0.00503. The van der Waals surface area contributed by atoms with Crippen molar-refractivity contribution in [2.75, 3.05) is 38.2 Å². The molecule has 1 aliphatic rings. The van der Waals surface area contributed by atoms with Gasteiger partial charge in [0.15, 0.2) is 0 Å². The quantitative estimate of drug-likeness (QED) is 0.699. The van der Waals surface area contributed by atoms with Gasteiger partial charge in [-0.2, -0.15) is 0 Å². The molecular weight excluding hydrogens is 330 g/mol. The summed E-state index contributed by atoms with van der Waals surface area (Å²) in [5, 5.41) is 5.93. The van der Waals surface area contributed by atoms with E-state index in [1.54, 1.807) is 4.90 Å². The third-order valence-electron chi connectivity index (χ3n) is 4.71. The molecule has 1 aliphatic heterocycles. The smallest absolute Gasteiger partial charge is 0.321 e. The highest BCUT2D eigenvalue weighted by Gasteiger charge is 2.27. The number of nitrogens with one attached hydrogen (secondary N) is 2. The average molecular weight is 361 g/mol. The van der Waals surface area contributed by atoms with Crippen molar-refractivity contribution in [3.05, 3.63) is 29.8 Å². The zero-order valence-electron chi connectivity index (χ0n) is 15.9. The van der Waals surface area contributed by atoms with Crippen LogP contribution >= 0.6 is 0 Å². The summed E-state index contributed by atoms with van der Waals surface area (Å²) >= 11 is 0. The largest absolute Gasteiger partial charge is 0.382 e. The van der Waals surface area contributed by atoms with Crippen molar-refractivity contribution in [3.63, 3.8) is 0 Å². The Bertz CT molecular complexity index is 583. The van der Waals surface area contributed by atoms with Crippen LogP contribution in [-0.2, 0) is 16.0 Å². The number of ether oxygens (including phenoxy) is 1. The Morgan fingerprint density at radius 2 is 2.00 bits per heavy atom. The molecule has 0 bridgehead atoms. The van der Waals surface area contributed by atoms with Crippen molar-refractivity contribution in [3.8, 4) is 0 Å². The van der Waals surface area contributed by atoms with E-state index in [1.807, 2.05) is 31.2 Å². The first-order valence-corrected chi connectivity index (χ1v) is 9.64. The van der Waals surface area contributed by atoms with Gasteiger partial charge in [0.05, 0.1) is 0 Å². The molecule has 26 heavy (non-hydrogen) atoms. The number of piperidine rings is 1. The molecule has 0 aliphatic carbocycles. The highest BCUT2D eigenvalue weighted by Crippen LogP contribution is 2.19. The Morgan fingerprint density at radius 1 is 1.23 bits per heavy atom. The molecule has 0 atom stereocenters. The van der Waals surface area contributed by atoms with Crippen molar-refractivity contribution in [1.29, 1.82) is 0 Å². The number of urea groups is 1. The Kier molecular flexibility index (Phi) is 8.41. The molecule has 0 unspecified atom stereocenters. The van der Waals surface area contributed by atoms with E-state index in [9.17, 15) is 9.59 Å². The molecule has 2 N–H and O–H groups in total. The van der Waals surface area contributed by atoms with E-state index in [4.69, 9.17) is 4.74 Å². The van der Waals surface area contributed by atoms with Crippen LogP contribution in [-0.4, -0.2) is 49.7 Å². The maximum atomic E-state index is 12.4. The number of hydrogen-bond acceptors (Lipinski definition) is 3. The van der Waals surface area contributed by atoms with E-state index in [1.165, 1.54) is 5.56 Å². The van der Waals surface area contributed by atoms with E-state index in [2.05, 4.69) is 17.6 Å². The van der Waals surface area contributed by atoms with E-state index in [0.29, 0.717) is 45.7 Å². The van der Waals surface area contributed by atoms with Gasteiger partial charge in [-0.1, -0.05) is 19.1 Å². The number of carbonyl (C=O) groups is 2. The summed E-state index contributed by atoms with van der Waals surface area (Å²) in [6.45, 7) is 7.29. The molecule has 144 valence electrons. The van der Waals surface area contributed by atoms with Crippen molar-refractivity contribution >= 4 is 17.6 Å². The third-order valence-corrected chi connectivity index (χ3v) is 4.71. The molecule has 1 saturated heterocycles. The fraction of sp³-hybridized carbons (Fsp3) is 0.600. The van der Waals surface area contributed by atoms with Crippen LogP contribution in [0.5, 0.6) is 0 Å². The van der Waals surface area contributed by atoms with Gasteiger partial charge in [-0.15, -0.1) is 0 Å². The highest BCUT2D eigenvalue weighted by molar-refractivity contribution is 5.89. The summed E-state index contributed by atoms with van der Waals surface area (Å²) in [6, 6.07) is 7.82. The molecule has 6 heteroatoms. The maximum Gasteiger partial charge on any atom is 0.321 e. The standard InChI is InChI=1S/C20H31N3O3/c1-3-16-7-5-8-18(15-16)22-20(25)23-12-9-17(10-13-23)19(24)21-11-6-14-26-4-2/h5,7-8,15,17H,3-4,6,9-14H2,1-2H3,(H,21,24)(H,22,25). The zero-order valence-corrected chi connectivity index (χ0v) is 15.9. The molecule has 0 radical (unpaired) electrons. The number of benzene rings is 1. The highest BCUT2D eigenvalue weighted by atomic mass is 16.5. The van der Waals surface area contributed by atoms with Crippen LogP contribution in [0.25, 0.3) is 0 Å². The van der Waals surface area contributed by atoms with E-state index < -0.39 is 0 Å². The van der Waals surface area contributed by atoms with Crippen molar-refractivity contribution in [1.82, 2.24) is 10.2 Å². The molecule has 2 rings (SSSR count). The number of likely N-dealkylation sites (tertiary alicyclic amines) is 1. The number of nitrogens with zero attached hydrogens (tertiary/aromatic N) is 1. The fourth-order valence-corrected chi connectivity index (χ4v) is 3.09. The van der Waals surface area contributed by atoms with Gasteiger partial charge in [0.1, 0.15) is 0 Å². The Hall–Kier alpha value is -2.08. The summed E-state index contributed by atoms with van der Waals surface area (Å²) in [5.74, 6) is 0.0896. The molecule has 6 nitrogen and oxygen atoms in total. The molecular formula is C20H31N3O3. The maximum absolute atomic E-state index is 12.4. The Balaban J connectivity index is 1.71. The predicted octanol–water partition coefficient (Wildman–Crippen LogP) is 3.04. The molecule has 0 saturated carbocycles. The number of anilines is 1. The number of hydrogen-bond donors (Lipinski definition) is 2. The normalized spacial score (nSPS) is 14.9. The van der Waals surface area contributed by atoms with Gasteiger partial charge < -0.3 is 20.3 Å². The minimum atomic E-state index is -0.0891. The lowest BCUT2D eigenvalue weighted by Crippen LogP contribution is -2.44. The van der Waals surface area contributed by atoms with Crippen LogP contribution < -0.4 is 10.6 Å². The number of aryl methyl sites for hydroxylation is 1. The van der Waals surface area contributed by atoms with E-state index in [-0.39, 0.29) is 17.9 Å². The van der Waals surface area contributed by atoms with Crippen molar-refractivity contribution in [2.45, 2.75) is 39.5 Å². The lowest BCUT2D eigenvalue weighted by molar-refractivity contribution is -0.126. The van der Waals surface area contributed by atoms with Gasteiger partial charge in [-0.3, -0.25) is 4.79 Å². The second-order valence-corrected chi connectivity index (χ2v) is 6.59. The fourth-order valence-electron chi connectivity index (χ4n) is 3.09. The number of carbonyl (C=O) groups excluding carboxylic acids is 2. The summed E-state index contributed by atoms with van der Waals surface area (Å²) < 4.78 is 5.26. The molecule has 1 aromatic carbocycles. The Labute approximate surface area is 156 Å². The summed E-state index contributed by atoms with van der Waals surface area (Å²) in [6.07, 6.45) is 3.19. The molecule has 0 aromatic heterocycles. The van der Waals surface area contributed by atoms with E-state index in [0.717, 1.165) is 18.5 Å². The minimum Gasteiger partial charge on any atom is -0.382 e. The molecule has 1 fully saturated rings. The first-order chi connectivity index (χ1) is 12.6. The first-order valence-electron chi connectivity index (χ1n) is 9.64. The zero-order chi connectivity index (χ0) is 18.8. The number of amides is 3. The third kappa shape index (κ3) is 6.33. The van der Waals surface area contributed by atoms with Crippen LogP contribution in [0, 0.1) is 5.92 Å². The van der Waals surface area contributed by atoms with Crippen molar-refractivity contribution in [2.24, 2.45) is 5.92 Å². The SMILES string of the molecule is CCOCCCNC(=O)C1CCN(C(=O)Nc2cccc(CC)c2)CC1. The van der Waals surface area contributed by atoms with Crippen molar-refractivity contribution < 1.29 is 14.3 Å². The average Bonchev–Trinajstić information content (AvgIpc) is 2.68. The summed E-state index contributed by atoms with van der Waals surface area (Å²) in [7, 11) is 0. The second kappa shape index (κ2) is 10.8. The van der Waals surface area contributed by atoms with Gasteiger partial charge in [0, 0.05) is 44.5 Å². The molecule has 3 amide bonds. The van der Waals surface area contributed by atoms with Gasteiger partial charge >= 0.3 is 6.03 Å². The lowest BCUT2D eigenvalue weighted by Gasteiger charge is -2.31. The second-order valence-electron chi connectivity index (χ2n) is 6.59. The van der Waals surface area contributed by atoms with Crippen LogP contribution in [0.15, 0.2) is 24.3 Å². The first kappa shape index (κ1) is 20.2. The van der Waals surface area contributed by atoms with Crippen LogP contribution in [0.3, 0.4) is 0 Å². The monoisotopic (exact) mass is 361 g/mol. The number of rotatable bonds is 8. The lowest BCUT2D eigenvalue weighted by atomic mass is 9.96.